The molecular weight excluding hydrogens is 372 g/mol. The van der Waals surface area contributed by atoms with Gasteiger partial charge in [-0.15, -0.1) is 12.4 Å². The number of ether oxygens (including phenoxy) is 1. The first kappa shape index (κ1) is 22.3. The zero-order chi connectivity index (χ0) is 19.1. The molecule has 1 aliphatic carbocycles. The Labute approximate surface area is 174 Å². The summed E-state index contributed by atoms with van der Waals surface area (Å²) in [6, 6.07) is 18.4. The van der Waals surface area contributed by atoms with Crippen molar-refractivity contribution in [3.63, 3.8) is 0 Å². The molecule has 4 nitrogen and oxygen atoms in total. The number of carbonyl (C=O) groups is 1. The van der Waals surface area contributed by atoms with Crippen LogP contribution < -0.4 is 10.1 Å². The van der Waals surface area contributed by atoms with Gasteiger partial charge in [-0.2, -0.15) is 0 Å². The van der Waals surface area contributed by atoms with Crippen LogP contribution in [0, 0.1) is 5.92 Å². The molecule has 1 N–H and O–H groups in total. The first-order valence-electron chi connectivity index (χ1n) is 9.87. The van der Waals surface area contributed by atoms with Crippen molar-refractivity contribution >= 4 is 18.3 Å². The highest BCUT2D eigenvalue weighted by molar-refractivity contribution is 5.85. The van der Waals surface area contributed by atoms with E-state index in [-0.39, 0.29) is 24.4 Å². The van der Waals surface area contributed by atoms with Crippen LogP contribution in [0.3, 0.4) is 0 Å². The highest BCUT2D eigenvalue weighted by atomic mass is 35.5. The number of carbonyl (C=O) groups excluding carboxylic acids is 1. The van der Waals surface area contributed by atoms with Gasteiger partial charge in [-0.25, -0.2) is 0 Å². The zero-order valence-corrected chi connectivity index (χ0v) is 17.6. The van der Waals surface area contributed by atoms with Gasteiger partial charge in [-0.05, 0) is 55.4 Å². The number of nitrogens with zero attached hydrogens (tertiary/aromatic N) is 1. The van der Waals surface area contributed by atoms with Gasteiger partial charge < -0.3 is 10.1 Å². The second-order valence-corrected chi connectivity index (χ2v) is 7.40. The number of benzene rings is 2. The minimum absolute atomic E-state index is 0. The van der Waals surface area contributed by atoms with Crippen LogP contribution in [0.25, 0.3) is 0 Å². The Balaban J connectivity index is 0.00000280. The summed E-state index contributed by atoms with van der Waals surface area (Å²) >= 11 is 0. The lowest BCUT2D eigenvalue weighted by molar-refractivity contribution is -0.125. The van der Waals surface area contributed by atoms with E-state index in [1.54, 1.807) is 7.05 Å². The van der Waals surface area contributed by atoms with Crippen LogP contribution in [0.2, 0.25) is 0 Å². The topological polar surface area (TPSA) is 41.6 Å². The van der Waals surface area contributed by atoms with Gasteiger partial charge >= 0.3 is 0 Å². The molecule has 0 aromatic heterocycles. The van der Waals surface area contributed by atoms with Crippen molar-refractivity contribution in [3.8, 4) is 5.75 Å². The van der Waals surface area contributed by atoms with E-state index in [9.17, 15) is 4.79 Å². The lowest BCUT2D eigenvalue weighted by Crippen LogP contribution is -2.45. The van der Waals surface area contributed by atoms with Crippen molar-refractivity contribution in [2.75, 3.05) is 20.1 Å². The second-order valence-electron chi connectivity index (χ2n) is 7.40. The smallest absolute Gasteiger partial charge is 0.236 e. The highest BCUT2D eigenvalue weighted by Crippen LogP contribution is 2.30. The standard InChI is InChI=1S/C23H30N2O2.ClH/c1-18(23(26)24-2)25(16-20-11-12-20)14-13-19-9-6-10-22(15-19)27-17-21-7-4-3-5-8-21;/h3-10,15,18,20H,11-14,16-17H2,1-2H3,(H,24,26);1H. The third kappa shape index (κ3) is 6.84. The van der Waals surface area contributed by atoms with Crippen molar-refractivity contribution in [2.24, 2.45) is 5.92 Å². The van der Waals surface area contributed by atoms with E-state index in [1.165, 1.54) is 18.4 Å². The van der Waals surface area contributed by atoms with Gasteiger partial charge in [0.15, 0.2) is 0 Å². The monoisotopic (exact) mass is 402 g/mol. The van der Waals surface area contributed by atoms with Gasteiger partial charge in [-0.1, -0.05) is 42.5 Å². The lowest BCUT2D eigenvalue weighted by atomic mass is 10.1. The Morgan fingerprint density at radius 1 is 1.14 bits per heavy atom. The average Bonchev–Trinajstić information content (AvgIpc) is 3.53. The second kappa shape index (κ2) is 11.1. The fraction of sp³-hybridized carbons (Fsp3) is 0.435. The summed E-state index contributed by atoms with van der Waals surface area (Å²) in [6.07, 6.45) is 3.50. The predicted octanol–water partition coefficient (Wildman–Crippen LogP) is 4.08. The van der Waals surface area contributed by atoms with E-state index in [4.69, 9.17) is 4.74 Å². The highest BCUT2D eigenvalue weighted by Gasteiger charge is 2.28. The number of nitrogens with one attached hydrogen (secondary N) is 1. The molecule has 3 rings (SSSR count). The molecule has 0 radical (unpaired) electrons. The molecule has 1 fully saturated rings. The minimum Gasteiger partial charge on any atom is -0.489 e. The Morgan fingerprint density at radius 3 is 2.54 bits per heavy atom. The van der Waals surface area contributed by atoms with Gasteiger partial charge in [0.25, 0.3) is 0 Å². The van der Waals surface area contributed by atoms with Crippen LogP contribution in [-0.2, 0) is 17.8 Å². The third-order valence-electron chi connectivity index (χ3n) is 5.20. The molecule has 1 aliphatic rings. The maximum Gasteiger partial charge on any atom is 0.236 e. The molecule has 1 amide bonds. The molecule has 1 atom stereocenters. The Bertz CT molecular complexity index is 734. The van der Waals surface area contributed by atoms with Gasteiger partial charge in [0, 0.05) is 20.1 Å². The molecular formula is C23H31ClN2O2. The summed E-state index contributed by atoms with van der Waals surface area (Å²) < 4.78 is 5.94. The normalized spacial score (nSPS) is 14.2. The van der Waals surface area contributed by atoms with E-state index < -0.39 is 0 Å². The number of hydrogen-bond donors (Lipinski definition) is 1. The van der Waals surface area contributed by atoms with Gasteiger partial charge in [0.05, 0.1) is 6.04 Å². The summed E-state index contributed by atoms with van der Waals surface area (Å²) in [7, 11) is 1.71. The number of halogens is 1. The molecule has 152 valence electrons. The largest absolute Gasteiger partial charge is 0.489 e. The van der Waals surface area contributed by atoms with E-state index in [0.717, 1.165) is 36.7 Å². The Kier molecular flexibility index (Phi) is 8.81. The van der Waals surface area contributed by atoms with Crippen LogP contribution in [0.4, 0.5) is 0 Å². The maximum absolute atomic E-state index is 12.1. The summed E-state index contributed by atoms with van der Waals surface area (Å²) in [4.78, 5) is 14.4. The number of amides is 1. The van der Waals surface area contributed by atoms with Crippen LogP contribution in [0.15, 0.2) is 54.6 Å². The summed E-state index contributed by atoms with van der Waals surface area (Å²) in [5.74, 6) is 1.75. The van der Waals surface area contributed by atoms with Gasteiger partial charge in [0.2, 0.25) is 5.91 Å². The predicted molar refractivity (Wildman–Crippen MR) is 116 cm³/mol. The Hall–Kier alpha value is -2.04. The van der Waals surface area contributed by atoms with Crippen LogP contribution >= 0.6 is 12.4 Å². The molecule has 1 saturated carbocycles. The first-order valence-corrected chi connectivity index (χ1v) is 9.87. The molecule has 2 aromatic carbocycles. The lowest BCUT2D eigenvalue weighted by Gasteiger charge is -2.28. The maximum atomic E-state index is 12.1. The minimum atomic E-state index is -0.0897. The summed E-state index contributed by atoms with van der Waals surface area (Å²) in [5.41, 5.74) is 2.41. The van der Waals surface area contributed by atoms with Crippen molar-refractivity contribution < 1.29 is 9.53 Å². The summed E-state index contributed by atoms with van der Waals surface area (Å²) in [5, 5.41) is 2.78. The van der Waals surface area contributed by atoms with E-state index in [0.29, 0.717) is 6.61 Å². The zero-order valence-electron chi connectivity index (χ0n) is 16.8. The molecule has 2 aromatic rings. The number of likely N-dealkylation sites (N-methyl/N-ethyl adjacent to an activating group) is 1. The molecule has 5 heteroatoms. The molecule has 0 saturated heterocycles. The van der Waals surface area contributed by atoms with Gasteiger partial charge in [0.1, 0.15) is 12.4 Å². The van der Waals surface area contributed by atoms with Gasteiger partial charge in [-0.3, -0.25) is 9.69 Å². The molecule has 1 unspecified atom stereocenters. The van der Waals surface area contributed by atoms with E-state index >= 15 is 0 Å². The number of rotatable bonds is 10. The van der Waals surface area contributed by atoms with Crippen molar-refractivity contribution in [3.05, 3.63) is 65.7 Å². The quantitative estimate of drug-likeness (QED) is 0.651. The fourth-order valence-electron chi connectivity index (χ4n) is 3.25. The molecule has 0 aliphatic heterocycles. The van der Waals surface area contributed by atoms with Crippen LogP contribution in [0.1, 0.15) is 30.9 Å². The van der Waals surface area contributed by atoms with E-state index in [2.05, 4.69) is 34.5 Å². The van der Waals surface area contributed by atoms with E-state index in [1.807, 2.05) is 37.3 Å². The first-order chi connectivity index (χ1) is 13.2. The fourth-order valence-corrected chi connectivity index (χ4v) is 3.25. The van der Waals surface area contributed by atoms with Crippen LogP contribution in [-0.4, -0.2) is 37.0 Å². The van der Waals surface area contributed by atoms with Crippen molar-refractivity contribution in [1.82, 2.24) is 10.2 Å². The molecule has 0 heterocycles. The van der Waals surface area contributed by atoms with Crippen LogP contribution in [0.5, 0.6) is 5.75 Å². The number of hydrogen-bond acceptors (Lipinski definition) is 3. The van der Waals surface area contributed by atoms with Crippen molar-refractivity contribution in [1.29, 1.82) is 0 Å². The molecule has 0 bridgehead atoms. The summed E-state index contributed by atoms with van der Waals surface area (Å²) in [6.45, 7) is 4.47. The average molecular weight is 403 g/mol. The molecule has 28 heavy (non-hydrogen) atoms. The molecule has 0 spiro atoms. The SMILES string of the molecule is CNC(=O)C(C)N(CCc1cccc(OCc2ccccc2)c1)CC1CC1.Cl. The Morgan fingerprint density at radius 2 is 1.86 bits per heavy atom. The third-order valence-corrected chi connectivity index (χ3v) is 5.20. The van der Waals surface area contributed by atoms with Crippen molar-refractivity contribution in [2.45, 2.75) is 38.8 Å².